The van der Waals surface area contributed by atoms with E-state index in [1.165, 1.54) is 18.2 Å². The minimum absolute atomic E-state index is 0.0143. The molecule has 6 nitrogen and oxygen atoms in total. The second-order valence-corrected chi connectivity index (χ2v) is 4.39. The highest BCUT2D eigenvalue weighted by molar-refractivity contribution is 6.01. The Morgan fingerprint density at radius 2 is 1.95 bits per heavy atom. The number of benzene rings is 1. The summed E-state index contributed by atoms with van der Waals surface area (Å²) in [7, 11) is 0. The van der Waals surface area contributed by atoms with E-state index in [9.17, 15) is 14.9 Å². The number of nitro groups is 1. The van der Waals surface area contributed by atoms with Gasteiger partial charge in [0.25, 0.3) is 5.69 Å². The lowest BCUT2D eigenvalue weighted by atomic mass is 10.2. The monoisotopic (exact) mass is 283 g/mol. The molecule has 2 aromatic rings. The third-order valence-corrected chi connectivity index (χ3v) is 2.69. The van der Waals surface area contributed by atoms with Crippen molar-refractivity contribution < 1.29 is 9.72 Å². The van der Waals surface area contributed by atoms with E-state index in [0.717, 1.165) is 5.56 Å². The van der Waals surface area contributed by atoms with Gasteiger partial charge in [-0.3, -0.25) is 14.9 Å². The largest absolute Gasteiger partial charge is 0.307 e. The lowest BCUT2D eigenvalue weighted by Crippen LogP contribution is -2.08. The van der Waals surface area contributed by atoms with Gasteiger partial charge in [-0.05, 0) is 42.3 Å². The zero-order chi connectivity index (χ0) is 15.2. The molecule has 1 amide bonds. The van der Waals surface area contributed by atoms with Gasteiger partial charge in [-0.25, -0.2) is 4.98 Å². The highest BCUT2D eigenvalue weighted by Gasteiger charge is 2.03. The number of amides is 1. The minimum Gasteiger partial charge on any atom is -0.307 e. The van der Waals surface area contributed by atoms with Crippen LogP contribution in [0.4, 0.5) is 11.5 Å². The van der Waals surface area contributed by atoms with Crippen molar-refractivity contribution in [2.24, 2.45) is 0 Å². The maximum atomic E-state index is 11.7. The predicted molar refractivity (Wildman–Crippen MR) is 79.7 cm³/mol. The number of pyridine rings is 1. The average molecular weight is 283 g/mol. The first-order valence-corrected chi connectivity index (χ1v) is 6.21. The Balaban J connectivity index is 1.98. The summed E-state index contributed by atoms with van der Waals surface area (Å²) in [6.07, 6.45) is 4.59. The van der Waals surface area contributed by atoms with Crippen molar-refractivity contribution in [3.8, 4) is 0 Å². The van der Waals surface area contributed by atoms with Crippen LogP contribution in [0, 0.1) is 17.0 Å². The van der Waals surface area contributed by atoms with Crippen molar-refractivity contribution in [2.75, 3.05) is 5.32 Å². The number of carbonyl (C=O) groups is 1. The van der Waals surface area contributed by atoms with Gasteiger partial charge in [0.05, 0.1) is 4.92 Å². The van der Waals surface area contributed by atoms with Crippen LogP contribution in [0.5, 0.6) is 0 Å². The molecule has 1 N–H and O–H groups in total. The number of aryl methyl sites for hydroxylation is 1. The lowest BCUT2D eigenvalue weighted by molar-refractivity contribution is -0.384. The Hall–Kier alpha value is -3.02. The number of nitrogens with zero attached hydrogens (tertiary/aromatic N) is 2. The Morgan fingerprint density at radius 3 is 2.52 bits per heavy atom. The molecular formula is C15H13N3O3. The molecule has 2 rings (SSSR count). The van der Waals surface area contributed by atoms with E-state index in [1.54, 1.807) is 30.5 Å². The maximum absolute atomic E-state index is 11.7. The standard InChI is InChI=1S/C15H13N3O3/c1-11-2-8-14(16-10-11)17-15(19)9-5-12-3-6-13(7-4-12)18(20)21/h2-10H,1H3,(H,16,17,19)/b9-5+. The second-order valence-electron chi connectivity index (χ2n) is 4.39. The molecule has 6 heteroatoms. The summed E-state index contributed by atoms with van der Waals surface area (Å²) in [5, 5.41) is 13.1. The van der Waals surface area contributed by atoms with Crippen LogP contribution in [0.2, 0.25) is 0 Å². The van der Waals surface area contributed by atoms with E-state index in [1.807, 2.05) is 13.0 Å². The number of carbonyl (C=O) groups excluding carboxylic acids is 1. The molecule has 106 valence electrons. The summed E-state index contributed by atoms with van der Waals surface area (Å²) < 4.78 is 0. The molecule has 1 heterocycles. The number of anilines is 1. The van der Waals surface area contributed by atoms with Crippen molar-refractivity contribution in [2.45, 2.75) is 6.92 Å². The Morgan fingerprint density at radius 1 is 1.24 bits per heavy atom. The van der Waals surface area contributed by atoms with Crippen LogP contribution in [-0.2, 0) is 4.79 Å². The Bertz CT molecular complexity index is 676. The van der Waals surface area contributed by atoms with Crippen LogP contribution < -0.4 is 5.32 Å². The van der Waals surface area contributed by atoms with Crippen LogP contribution in [0.15, 0.2) is 48.7 Å². The molecule has 1 aromatic heterocycles. The first-order chi connectivity index (χ1) is 10.0. The van der Waals surface area contributed by atoms with Gasteiger partial charge < -0.3 is 5.32 Å². The van der Waals surface area contributed by atoms with Gasteiger partial charge in [-0.2, -0.15) is 0 Å². The van der Waals surface area contributed by atoms with E-state index in [0.29, 0.717) is 11.4 Å². The van der Waals surface area contributed by atoms with Gasteiger partial charge in [0.1, 0.15) is 5.82 Å². The molecule has 0 atom stereocenters. The molecule has 0 unspecified atom stereocenters. The maximum Gasteiger partial charge on any atom is 0.269 e. The highest BCUT2D eigenvalue weighted by Crippen LogP contribution is 2.13. The Kier molecular flexibility index (Phi) is 4.40. The Labute approximate surface area is 121 Å². The smallest absolute Gasteiger partial charge is 0.269 e. The van der Waals surface area contributed by atoms with Crippen molar-refractivity contribution >= 4 is 23.5 Å². The third-order valence-electron chi connectivity index (χ3n) is 2.69. The molecule has 0 saturated heterocycles. The molecule has 0 saturated carbocycles. The van der Waals surface area contributed by atoms with Crippen LogP contribution in [0.1, 0.15) is 11.1 Å². The van der Waals surface area contributed by atoms with Gasteiger partial charge in [0.2, 0.25) is 5.91 Å². The van der Waals surface area contributed by atoms with E-state index in [-0.39, 0.29) is 11.6 Å². The van der Waals surface area contributed by atoms with Gasteiger partial charge in [0.15, 0.2) is 0 Å². The van der Waals surface area contributed by atoms with Crippen molar-refractivity contribution in [1.82, 2.24) is 4.98 Å². The molecule has 21 heavy (non-hydrogen) atoms. The quantitative estimate of drug-likeness (QED) is 0.531. The second kappa shape index (κ2) is 6.42. The fourth-order valence-electron chi connectivity index (χ4n) is 1.59. The fraction of sp³-hybridized carbons (Fsp3) is 0.0667. The molecule has 1 aromatic carbocycles. The van der Waals surface area contributed by atoms with Crippen molar-refractivity contribution in [3.63, 3.8) is 0 Å². The summed E-state index contributed by atoms with van der Waals surface area (Å²) >= 11 is 0. The number of aromatic nitrogens is 1. The summed E-state index contributed by atoms with van der Waals surface area (Å²) in [5.41, 5.74) is 1.72. The fourth-order valence-corrected chi connectivity index (χ4v) is 1.59. The summed E-state index contributed by atoms with van der Waals surface area (Å²) in [4.78, 5) is 25.8. The van der Waals surface area contributed by atoms with E-state index in [4.69, 9.17) is 0 Å². The first kappa shape index (κ1) is 14.4. The van der Waals surface area contributed by atoms with E-state index < -0.39 is 4.92 Å². The number of nitro benzene ring substituents is 1. The van der Waals surface area contributed by atoms with Crippen molar-refractivity contribution in [3.05, 3.63) is 69.9 Å². The average Bonchev–Trinajstić information content (AvgIpc) is 2.48. The topological polar surface area (TPSA) is 85.1 Å². The number of nitrogens with one attached hydrogen (secondary N) is 1. The summed E-state index contributed by atoms with van der Waals surface area (Å²) in [6, 6.07) is 9.49. The zero-order valence-electron chi connectivity index (χ0n) is 11.3. The van der Waals surface area contributed by atoms with E-state index >= 15 is 0 Å². The summed E-state index contributed by atoms with van der Waals surface area (Å²) in [5.74, 6) is 0.156. The molecule has 0 radical (unpaired) electrons. The number of non-ortho nitro benzene ring substituents is 1. The lowest BCUT2D eigenvalue weighted by Gasteiger charge is -2.01. The number of hydrogen-bond donors (Lipinski definition) is 1. The van der Waals surface area contributed by atoms with Crippen LogP contribution >= 0.6 is 0 Å². The predicted octanol–water partition coefficient (Wildman–Crippen LogP) is 2.95. The van der Waals surface area contributed by atoms with Crippen LogP contribution in [-0.4, -0.2) is 15.8 Å². The molecule has 0 fully saturated rings. The van der Waals surface area contributed by atoms with Gasteiger partial charge in [0, 0.05) is 24.4 Å². The van der Waals surface area contributed by atoms with Gasteiger partial charge >= 0.3 is 0 Å². The molecule has 0 spiro atoms. The zero-order valence-corrected chi connectivity index (χ0v) is 11.3. The molecule has 0 aliphatic carbocycles. The van der Waals surface area contributed by atoms with Gasteiger partial charge in [-0.1, -0.05) is 6.07 Å². The van der Waals surface area contributed by atoms with Crippen molar-refractivity contribution in [1.29, 1.82) is 0 Å². The molecule has 0 aliphatic heterocycles. The number of hydrogen-bond acceptors (Lipinski definition) is 4. The van der Waals surface area contributed by atoms with E-state index in [2.05, 4.69) is 10.3 Å². The summed E-state index contributed by atoms with van der Waals surface area (Å²) in [6.45, 7) is 1.91. The molecule has 0 aliphatic rings. The molecular weight excluding hydrogens is 270 g/mol. The minimum atomic E-state index is -0.469. The SMILES string of the molecule is Cc1ccc(NC(=O)/C=C/c2ccc([N+](=O)[O-])cc2)nc1. The normalized spacial score (nSPS) is 10.5. The number of rotatable bonds is 4. The van der Waals surface area contributed by atoms with Gasteiger partial charge in [-0.15, -0.1) is 0 Å². The van der Waals surface area contributed by atoms with Crippen LogP contribution in [0.3, 0.4) is 0 Å². The third kappa shape index (κ3) is 4.24. The highest BCUT2D eigenvalue weighted by atomic mass is 16.6. The molecule has 0 bridgehead atoms. The van der Waals surface area contributed by atoms with Crippen LogP contribution in [0.25, 0.3) is 6.08 Å². The first-order valence-electron chi connectivity index (χ1n) is 6.21.